The molecular formula is C16H19N3S. The molecule has 0 spiro atoms. The Labute approximate surface area is 123 Å². The van der Waals surface area contributed by atoms with E-state index in [-0.39, 0.29) is 0 Å². The van der Waals surface area contributed by atoms with Gasteiger partial charge in [-0.1, -0.05) is 19.1 Å². The van der Waals surface area contributed by atoms with Crippen molar-refractivity contribution in [1.82, 2.24) is 14.9 Å². The first kappa shape index (κ1) is 13.3. The lowest BCUT2D eigenvalue weighted by Gasteiger charge is -2.05. The van der Waals surface area contributed by atoms with E-state index in [2.05, 4.69) is 57.6 Å². The number of rotatable bonds is 5. The predicted octanol–water partition coefficient (Wildman–Crippen LogP) is 3.43. The minimum absolute atomic E-state index is 0.850. The summed E-state index contributed by atoms with van der Waals surface area (Å²) in [6, 6.07) is 8.81. The summed E-state index contributed by atoms with van der Waals surface area (Å²) >= 11 is 1.75. The van der Waals surface area contributed by atoms with Crippen molar-refractivity contribution in [2.45, 2.75) is 26.4 Å². The zero-order valence-electron chi connectivity index (χ0n) is 11.9. The molecule has 0 saturated carbocycles. The summed E-state index contributed by atoms with van der Waals surface area (Å²) < 4.78 is 2.28. The van der Waals surface area contributed by atoms with Crippen LogP contribution in [-0.2, 0) is 19.5 Å². The summed E-state index contributed by atoms with van der Waals surface area (Å²) in [5, 5.41) is 7.87. The fourth-order valence-corrected chi connectivity index (χ4v) is 3.18. The van der Waals surface area contributed by atoms with Gasteiger partial charge in [-0.3, -0.25) is 0 Å². The van der Waals surface area contributed by atoms with E-state index in [1.165, 1.54) is 21.5 Å². The second-order valence-electron chi connectivity index (χ2n) is 4.95. The van der Waals surface area contributed by atoms with Gasteiger partial charge in [-0.2, -0.15) is 0 Å². The van der Waals surface area contributed by atoms with Gasteiger partial charge in [0, 0.05) is 23.6 Å². The summed E-state index contributed by atoms with van der Waals surface area (Å²) in [6.45, 7) is 3.90. The normalized spacial score (nSPS) is 11.3. The third kappa shape index (κ3) is 2.62. The fourth-order valence-electron chi connectivity index (χ4n) is 2.44. The molecule has 3 aromatic rings. The Morgan fingerprint density at radius 3 is 2.95 bits per heavy atom. The van der Waals surface area contributed by atoms with Crippen molar-refractivity contribution in [2.24, 2.45) is 0 Å². The van der Waals surface area contributed by atoms with Crippen molar-refractivity contribution in [2.75, 3.05) is 7.05 Å². The van der Waals surface area contributed by atoms with E-state index in [4.69, 9.17) is 0 Å². The Hall–Kier alpha value is -1.65. The topological polar surface area (TPSA) is 29.9 Å². The number of hydrogen-bond acceptors (Lipinski definition) is 3. The predicted molar refractivity (Wildman–Crippen MR) is 85.3 cm³/mol. The van der Waals surface area contributed by atoms with Gasteiger partial charge >= 0.3 is 0 Å². The standard InChI is InChI=1S/C16H19N3S/c1-3-16-18-14(11-20-16)10-19-7-6-13-5-4-12(9-17-2)8-15(13)19/h4-8,11,17H,3,9-10H2,1-2H3. The molecule has 2 aromatic heterocycles. The molecule has 0 bridgehead atoms. The second kappa shape index (κ2) is 5.77. The van der Waals surface area contributed by atoms with Crippen molar-refractivity contribution >= 4 is 22.2 Å². The Balaban J connectivity index is 1.92. The van der Waals surface area contributed by atoms with E-state index in [1.807, 2.05) is 7.05 Å². The van der Waals surface area contributed by atoms with Crippen molar-refractivity contribution < 1.29 is 0 Å². The number of nitrogens with one attached hydrogen (secondary N) is 1. The van der Waals surface area contributed by atoms with E-state index < -0.39 is 0 Å². The molecule has 1 N–H and O–H groups in total. The molecule has 0 atom stereocenters. The lowest BCUT2D eigenvalue weighted by molar-refractivity contribution is 0.800. The zero-order valence-corrected chi connectivity index (χ0v) is 12.7. The summed E-state index contributed by atoms with van der Waals surface area (Å²) in [5.74, 6) is 0. The maximum atomic E-state index is 4.65. The van der Waals surface area contributed by atoms with Crippen LogP contribution in [0.1, 0.15) is 23.2 Å². The second-order valence-corrected chi connectivity index (χ2v) is 5.90. The molecule has 0 fully saturated rings. The Kier molecular flexibility index (Phi) is 3.85. The molecule has 0 amide bonds. The van der Waals surface area contributed by atoms with Crippen LogP contribution < -0.4 is 5.32 Å². The zero-order chi connectivity index (χ0) is 13.9. The molecule has 4 heteroatoms. The first-order chi connectivity index (χ1) is 9.80. The number of aryl methyl sites for hydroxylation is 1. The fraction of sp³-hybridized carbons (Fsp3) is 0.312. The average Bonchev–Trinajstić information content (AvgIpc) is 3.07. The molecule has 104 valence electrons. The third-order valence-electron chi connectivity index (χ3n) is 3.45. The number of nitrogens with zero attached hydrogens (tertiary/aromatic N) is 2. The maximum Gasteiger partial charge on any atom is 0.0926 e. The molecule has 3 rings (SSSR count). The lowest BCUT2D eigenvalue weighted by Crippen LogP contribution is -2.05. The van der Waals surface area contributed by atoms with Gasteiger partial charge < -0.3 is 9.88 Å². The molecule has 20 heavy (non-hydrogen) atoms. The number of aromatic nitrogens is 2. The summed E-state index contributed by atoms with van der Waals surface area (Å²) in [6.07, 6.45) is 3.17. The van der Waals surface area contributed by atoms with E-state index in [9.17, 15) is 0 Å². The van der Waals surface area contributed by atoms with Gasteiger partial charge in [-0.25, -0.2) is 4.98 Å². The van der Waals surface area contributed by atoms with Crippen molar-refractivity contribution in [3.8, 4) is 0 Å². The lowest BCUT2D eigenvalue weighted by atomic mass is 10.1. The highest BCUT2D eigenvalue weighted by Gasteiger charge is 2.05. The van der Waals surface area contributed by atoms with Gasteiger partial charge in [-0.15, -0.1) is 11.3 Å². The summed E-state index contributed by atoms with van der Waals surface area (Å²) in [5.41, 5.74) is 3.75. The molecule has 0 saturated heterocycles. The van der Waals surface area contributed by atoms with Crippen molar-refractivity contribution in [1.29, 1.82) is 0 Å². The minimum Gasteiger partial charge on any atom is -0.341 e. The van der Waals surface area contributed by atoms with Gasteiger partial charge in [0.2, 0.25) is 0 Å². The van der Waals surface area contributed by atoms with Crippen LogP contribution >= 0.6 is 11.3 Å². The van der Waals surface area contributed by atoms with Gasteiger partial charge in [0.1, 0.15) is 0 Å². The van der Waals surface area contributed by atoms with E-state index in [0.29, 0.717) is 0 Å². The molecule has 0 radical (unpaired) electrons. The minimum atomic E-state index is 0.850. The first-order valence-corrected chi connectivity index (χ1v) is 7.83. The molecule has 3 nitrogen and oxygen atoms in total. The number of thiazole rings is 1. The highest BCUT2D eigenvalue weighted by Crippen LogP contribution is 2.20. The van der Waals surface area contributed by atoms with Crippen LogP contribution in [0, 0.1) is 0 Å². The number of hydrogen-bond donors (Lipinski definition) is 1. The van der Waals surface area contributed by atoms with Crippen LogP contribution in [0.15, 0.2) is 35.8 Å². The van der Waals surface area contributed by atoms with Crippen LogP contribution in [0.5, 0.6) is 0 Å². The SMILES string of the molecule is CCc1nc(Cn2ccc3ccc(CNC)cc32)cs1. The molecule has 0 aliphatic rings. The smallest absolute Gasteiger partial charge is 0.0926 e. The average molecular weight is 285 g/mol. The van der Waals surface area contributed by atoms with Crippen molar-refractivity contribution in [3.05, 3.63) is 52.1 Å². The molecule has 2 heterocycles. The van der Waals surface area contributed by atoms with E-state index in [0.717, 1.165) is 25.2 Å². The quantitative estimate of drug-likeness (QED) is 0.778. The Bertz CT molecular complexity index is 711. The molecule has 0 aliphatic carbocycles. The molecule has 1 aromatic carbocycles. The molecule has 0 unspecified atom stereocenters. The highest BCUT2D eigenvalue weighted by molar-refractivity contribution is 7.09. The van der Waals surface area contributed by atoms with Crippen molar-refractivity contribution in [3.63, 3.8) is 0 Å². The maximum absolute atomic E-state index is 4.65. The van der Waals surface area contributed by atoms with Crippen LogP contribution in [0.2, 0.25) is 0 Å². The van der Waals surface area contributed by atoms with Crippen LogP contribution in [0.25, 0.3) is 10.9 Å². The monoisotopic (exact) mass is 285 g/mol. The summed E-state index contributed by atoms with van der Waals surface area (Å²) in [7, 11) is 1.98. The Morgan fingerprint density at radius 2 is 2.20 bits per heavy atom. The van der Waals surface area contributed by atoms with Crippen LogP contribution in [0.4, 0.5) is 0 Å². The third-order valence-corrected chi connectivity index (χ3v) is 4.50. The van der Waals surface area contributed by atoms with E-state index in [1.54, 1.807) is 11.3 Å². The number of benzene rings is 1. The van der Waals surface area contributed by atoms with Gasteiger partial charge in [0.05, 0.1) is 17.2 Å². The molecule has 0 aliphatic heterocycles. The van der Waals surface area contributed by atoms with Crippen LogP contribution in [0.3, 0.4) is 0 Å². The summed E-state index contributed by atoms with van der Waals surface area (Å²) in [4.78, 5) is 4.65. The van der Waals surface area contributed by atoms with Gasteiger partial charge in [0.25, 0.3) is 0 Å². The number of fused-ring (bicyclic) bond motifs is 1. The highest BCUT2D eigenvalue weighted by atomic mass is 32.1. The van der Waals surface area contributed by atoms with Crippen LogP contribution in [-0.4, -0.2) is 16.6 Å². The van der Waals surface area contributed by atoms with Gasteiger partial charge in [-0.05, 0) is 36.6 Å². The van der Waals surface area contributed by atoms with E-state index >= 15 is 0 Å². The Morgan fingerprint density at radius 1 is 1.30 bits per heavy atom. The first-order valence-electron chi connectivity index (χ1n) is 6.96. The largest absolute Gasteiger partial charge is 0.341 e. The molecular weight excluding hydrogens is 266 g/mol. The van der Waals surface area contributed by atoms with Gasteiger partial charge in [0.15, 0.2) is 0 Å².